The molecule has 0 unspecified atom stereocenters. The predicted molar refractivity (Wildman–Crippen MR) is 87.7 cm³/mol. The van der Waals surface area contributed by atoms with Gasteiger partial charge < -0.3 is 4.74 Å². The Bertz CT molecular complexity index is 598. The lowest BCUT2D eigenvalue weighted by atomic mass is 9.86. The molecule has 3 heteroatoms. The van der Waals surface area contributed by atoms with Gasteiger partial charge in [0.1, 0.15) is 0 Å². The number of rotatable bonds is 5. The van der Waals surface area contributed by atoms with Gasteiger partial charge in [0.15, 0.2) is 0 Å². The highest BCUT2D eigenvalue weighted by atomic mass is 16.5. The number of carbonyl (C=O) groups excluding carboxylic acids is 1. The lowest BCUT2D eigenvalue weighted by molar-refractivity contribution is -0.142. The molecule has 0 aliphatic rings. The summed E-state index contributed by atoms with van der Waals surface area (Å²) in [6.45, 7) is 6.93. The Hall–Kier alpha value is -2.16. The van der Waals surface area contributed by atoms with E-state index in [1.165, 1.54) is 5.56 Å². The fraction of sp³-hybridized carbons (Fsp3) is 0.368. The van der Waals surface area contributed by atoms with Crippen molar-refractivity contribution in [2.75, 3.05) is 6.61 Å². The molecule has 1 heterocycles. The molecular weight excluding hydrogens is 274 g/mol. The fourth-order valence-corrected chi connectivity index (χ4v) is 2.17. The molecule has 1 aromatic carbocycles. The summed E-state index contributed by atoms with van der Waals surface area (Å²) in [7, 11) is 0. The zero-order valence-corrected chi connectivity index (χ0v) is 13.5. The van der Waals surface area contributed by atoms with Crippen LogP contribution in [0.1, 0.15) is 37.5 Å². The second-order valence-electron chi connectivity index (χ2n) is 6.45. The maximum Gasteiger partial charge on any atom is 0.310 e. The Balaban J connectivity index is 1.79. The van der Waals surface area contributed by atoms with E-state index in [0.29, 0.717) is 13.0 Å². The normalized spacial score (nSPS) is 11.2. The van der Waals surface area contributed by atoms with Crippen LogP contribution < -0.4 is 0 Å². The minimum Gasteiger partial charge on any atom is -0.465 e. The van der Waals surface area contributed by atoms with Crippen molar-refractivity contribution in [2.45, 2.75) is 39.0 Å². The molecule has 0 saturated carbocycles. The van der Waals surface area contributed by atoms with Crippen LogP contribution in [0, 0.1) is 0 Å². The molecule has 0 fully saturated rings. The second kappa shape index (κ2) is 7.21. The highest BCUT2D eigenvalue weighted by Gasteiger charge is 2.13. The maximum atomic E-state index is 11.8. The van der Waals surface area contributed by atoms with Crippen molar-refractivity contribution in [3.8, 4) is 0 Å². The summed E-state index contributed by atoms with van der Waals surface area (Å²) >= 11 is 0. The Morgan fingerprint density at radius 2 is 1.64 bits per heavy atom. The average Bonchev–Trinajstić information content (AvgIpc) is 2.48. The van der Waals surface area contributed by atoms with Gasteiger partial charge in [-0.2, -0.15) is 0 Å². The molecule has 0 spiro atoms. The van der Waals surface area contributed by atoms with Gasteiger partial charge in [-0.25, -0.2) is 0 Å². The van der Waals surface area contributed by atoms with E-state index in [9.17, 15) is 4.79 Å². The molecule has 2 aromatic rings. The minimum atomic E-state index is -0.183. The maximum absolute atomic E-state index is 11.8. The number of nitrogens with zero attached hydrogens (tertiary/aromatic N) is 1. The van der Waals surface area contributed by atoms with Gasteiger partial charge in [0.05, 0.1) is 13.0 Å². The first-order chi connectivity index (χ1) is 10.4. The second-order valence-corrected chi connectivity index (χ2v) is 6.45. The van der Waals surface area contributed by atoms with Gasteiger partial charge in [-0.1, -0.05) is 45.0 Å². The van der Waals surface area contributed by atoms with Crippen molar-refractivity contribution < 1.29 is 9.53 Å². The summed E-state index contributed by atoms with van der Waals surface area (Å²) in [5, 5.41) is 0. The summed E-state index contributed by atoms with van der Waals surface area (Å²) in [5.74, 6) is -0.183. The summed E-state index contributed by atoms with van der Waals surface area (Å²) < 4.78 is 5.29. The van der Waals surface area contributed by atoms with Crippen LogP contribution in [-0.2, 0) is 27.8 Å². The lowest BCUT2D eigenvalue weighted by Crippen LogP contribution is -2.12. The van der Waals surface area contributed by atoms with E-state index in [0.717, 1.165) is 17.5 Å². The average molecular weight is 297 g/mol. The molecule has 0 aliphatic carbocycles. The zero-order chi connectivity index (χ0) is 16.0. The molecule has 3 nitrogen and oxygen atoms in total. The van der Waals surface area contributed by atoms with Gasteiger partial charge >= 0.3 is 5.97 Å². The third kappa shape index (κ3) is 4.99. The number of ether oxygens (including phenoxy) is 1. The van der Waals surface area contributed by atoms with Crippen molar-refractivity contribution in [1.29, 1.82) is 0 Å². The fourth-order valence-electron chi connectivity index (χ4n) is 2.17. The van der Waals surface area contributed by atoms with Crippen molar-refractivity contribution in [3.05, 3.63) is 65.5 Å². The van der Waals surface area contributed by atoms with E-state index in [1.807, 2.05) is 24.3 Å². The quantitative estimate of drug-likeness (QED) is 0.790. The molecule has 116 valence electrons. The van der Waals surface area contributed by atoms with E-state index in [-0.39, 0.29) is 11.4 Å². The largest absolute Gasteiger partial charge is 0.465 e. The van der Waals surface area contributed by atoms with Gasteiger partial charge in [-0.3, -0.25) is 9.78 Å². The van der Waals surface area contributed by atoms with Crippen molar-refractivity contribution >= 4 is 5.97 Å². The molecular formula is C19H23NO2. The predicted octanol–water partition coefficient (Wildman–Crippen LogP) is 3.71. The van der Waals surface area contributed by atoms with Crippen molar-refractivity contribution in [3.63, 3.8) is 0 Å². The molecule has 0 atom stereocenters. The number of esters is 1. The van der Waals surface area contributed by atoms with E-state index in [4.69, 9.17) is 4.74 Å². The Morgan fingerprint density at radius 1 is 1.00 bits per heavy atom. The molecule has 0 aliphatic heterocycles. The molecule has 0 amide bonds. The van der Waals surface area contributed by atoms with E-state index >= 15 is 0 Å². The van der Waals surface area contributed by atoms with Crippen LogP contribution in [0.25, 0.3) is 0 Å². The third-order valence-corrected chi connectivity index (χ3v) is 3.57. The van der Waals surface area contributed by atoms with E-state index in [2.05, 4.69) is 37.9 Å². The molecule has 0 radical (unpaired) electrons. The van der Waals surface area contributed by atoms with Crippen LogP contribution in [0.2, 0.25) is 0 Å². The van der Waals surface area contributed by atoms with Crippen LogP contribution in [0.15, 0.2) is 48.8 Å². The molecule has 0 saturated heterocycles. The third-order valence-electron chi connectivity index (χ3n) is 3.57. The van der Waals surface area contributed by atoms with E-state index in [1.54, 1.807) is 12.4 Å². The standard InChI is InChI=1S/C19H23NO2/c1-19(2,3)17-6-4-16(5-7-17)14-18(21)22-13-10-15-8-11-20-12-9-15/h4-9,11-12H,10,13-14H2,1-3H3. The molecule has 0 N–H and O–H groups in total. The topological polar surface area (TPSA) is 39.2 Å². The Labute approximate surface area is 132 Å². The Kier molecular flexibility index (Phi) is 5.31. The minimum absolute atomic E-state index is 0.129. The first kappa shape index (κ1) is 16.2. The molecule has 2 rings (SSSR count). The van der Waals surface area contributed by atoms with Crippen LogP contribution in [0.5, 0.6) is 0 Å². The Morgan fingerprint density at radius 3 is 2.23 bits per heavy atom. The monoisotopic (exact) mass is 297 g/mol. The zero-order valence-electron chi connectivity index (χ0n) is 13.5. The number of aromatic nitrogens is 1. The van der Waals surface area contributed by atoms with Crippen LogP contribution >= 0.6 is 0 Å². The van der Waals surface area contributed by atoms with Gasteiger partial charge in [0.25, 0.3) is 0 Å². The SMILES string of the molecule is CC(C)(C)c1ccc(CC(=O)OCCc2ccncc2)cc1. The number of benzene rings is 1. The van der Waals surface area contributed by atoms with Crippen molar-refractivity contribution in [2.24, 2.45) is 0 Å². The number of carbonyl (C=O) groups is 1. The highest BCUT2D eigenvalue weighted by molar-refractivity contribution is 5.72. The van der Waals surface area contributed by atoms with Gasteiger partial charge in [-0.05, 0) is 34.2 Å². The van der Waals surface area contributed by atoms with Gasteiger partial charge in [0, 0.05) is 18.8 Å². The summed E-state index contributed by atoms with van der Waals surface area (Å²) in [4.78, 5) is 15.8. The van der Waals surface area contributed by atoms with E-state index < -0.39 is 0 Å². The number of hydrogen-bond acceptors (Lipinski definition) is 3. The molecule has 1 aromatic heterocycles. The first-order valence-electron chi connectivity index (χ1n) is 7.59. The molecule has 22 heavy (non-hydrogen) atoms. The molecule has 0 bridgehead atoms. The van der Waals surface area contributed by atoms with Crippen LogP contribution in [-0.4, -0.2) is 17.6 Å². The highest BCUT2D eigenvalue weighted by Crippen LogP contribution is 2.22. The summed E-state index contributed by atoms with van der Waals surface area (Å²) in [6, 6.07) is 12.0. The summed E-state index contributed by atoms with van der Waals surface area (Å²) in [5.41, 5.74) is 3.50. The first-order valence-corrected chi connectivity index (χ1v) is 7.59. The van der Waals surface area contributed by atoms with Gasteiger partial charge in [-0.15, -0.1) is 0 Å². The van der Waals surface area contributed by atoms with Crippen molar-refractivity contribution in [1.82, 2.24) is 4.98 Å². The lowest BCUT2D eigenvalue weighted by Gasteiger charge is -2.19. The van der Waals surface area contributed by atoms with Gasteiger partial charge in [0.2, 0.25) is 0 Å². The summed E-state index contributed by atoms with van der Waals surface area (Å²) in [6.07, 6.45) is 4.53. The van der Waals surface area contributed by atoms with Crippen LogP contribution in [0.3, 0.4) is 0 Å². The smallest absolute Gasteiger partial charge is 0.310 e. The van der Waals surface area contributed by atoms with Crippen LogP contribution in [0.4, 0.5) is 0 Å². The number of hydrogen-bond donors (Lipinski definition) is 0. The number of pyridine rings is 1.